The molecule has 0 radical (unpaired) electrons. The van der Waals surface area contributed by atoms with E-state index in [-0.39, 0.29) is 6.04 Å². The minimum absolute atomic E-state index is 0.268. The number of nitrogens with one attached hydrogen (secondary N) is 1. The van der Waals surface area contributed by atoms with Crippen molar-refractivity contribution in [2.24, 2.45) is 0 Å². The Labute approximate surface area is 127 Å². The second-order valence-electron chi connectivity index (χ2n) is 5.16. The van der Waals surface area contributed by atoms with Crippen molar-refractivity contribution in [2.75, 3.05) is 6.54 Å². The molecule has 2 aromatic rings. The van der Waals surface area contributed by atoms with Crippen LogP contribution in [0.3, 0.4) is 0 Å². The summed E-state index contributed by atoms with van der Waals surface area (Å²) in [6.07, 6.45) is 2.09. The van der Waals surface area contributed by atoms with Crippen molar-refractivity contribution in [1.29, 1.82) is 0 Å². The fraction of sp³-hybridized carbons (Fsp3) is 0.333. The van der Waals surface area contributed by atoms with Gasteiger partial charge in [-0.2, -0.15) is 0 Å². The quantitative estimate of drug-likeness (QED) is 0.794. The first-order valence-electron chi connectivity index (χ1n) is 7.24. The van der Waals surface area contributed by atoms with E-state index in [1.807, 2.05) is 12.1 Å². The first-order valence-corrected chi connectivity index (χ1v) is 7.62. The molecule has 0 saturated heterocycles. The zero-order valence-corrected chi connectivity index (χ0v) is 13.0. The van der Waals surface area contributed by atoms with Crippen LogP contribution >= 0.6 is 11.6 Å². The van der Waals surface area contributed by atoms with Crippen molar-refractivity contribution < 1.29 is 0 Å². The van der Waals surface area contributed by atoms with Crippen LogP contribution in [0.2, 0.25) is 5.02 Å². The van der Waals surface area contributed by atoms with Crippen molar-refractivity contribution in [3.05, 3.63) is 70.2 Å². The maximum Gasteiger partial charge on any atom is 0.0453 e. The van der Waals surface area contributed by atoms with Crippen LogP contribution in [0.15, 0.2) is 48.5 Å². The molecule has 0 aliphatic carbocycles. The molecule has 0 heterocycles. The van der Waals surface area contributed by atoms with Gasteiger partial charge in [-0.05, 0) is 49.1 Å². The normalized spacial score (nSPS) is 12.3. The Hall–Kier alpha value is -1.31. The standard InChI is InChI=1S/C18H22ClN/c1-3-12-20-18(16-10-6-7-11-17(16)19)13-15-9-5-4-8-14(15)2/h4-11,18,20H,3,12-13H2,1-2H3. The number of benzene rings is 2. The number of hydrogen-bond acceptors (Lipinski definition) is 1. The second kappa shape index (κ2) is 7.47. The number of halogens is 1. The van der Waals surface area contributed by atoms with Gasteiger partial charge >= 0.3 is 0 Å². The van der Waals surface area contributed by atoms with Crippen molar-refractivity contribution in [3.63, 3.8) is 0 Å². The molecular formula is C18H22ClN. The van der Waals surface area contributed by atoms with Crippen LogP contribution in [0, 0.1) is 6.92 Å². The highest BCUT2D eigenvalue weighted by molar-refractivity contribution is 6.31. The molecule has 1 N–H and O–H groups in total. The molecule has 0 fully saturated rings. The Bertz CT molecular complexity index is 551. The third kappa shape index (κ3) is 3.84. The largest absolute Gasteiger partial charge is 0.310 e. The second-order valence-corrected chi connectivity index (χ2v) is 5.57. The van der Waals surface area contributed by atoms with Crippen molar-refractivity contribution in [1.82, 2.24) is 5.32 Å². The topological polar surface area (TPSA) is 12.0 Å². The first kappa shape index (κ1) is 15.1. The number of aryl methyl sites for hydroxylation is 1. The molecule has 1 unspecified atom stereocenters. The van der Waals surface area contributed by atoms with Gasteiger partial charge in [0.1, 0.15) is 0 Å². The van der Waals surface area contributed by atoms with Crippen molar-refractivity contribution in [2.45, 2.75) is 32.7 Å². The molecule has 106 valence electrons. The molecule has 0 amide bonds. The molecule has 2 heteroatoms. The van der Waals surface area contributed by atoms with E-state index < -0.39 is 0 Å². The lowest BCUT2D eigenvalue weighted by Crippen LogP contribution is -2.24. The summed E-state index contributed by atoms with van der Waals surface area (Å²) >= 11 is 6.36. The summed E-state index contributed by atoms with van der Waals surface area (Å²) in [4.78, 5) is 0. The smallest absolute Gasteiger partial charge is 0.0453 e. The van der Waals surface area contributed by atoms with Gasteiger partial charge in [0.2, 0.25) is 0 Å². The van der Waals surface area contributed by atoms with E-state index in [0.29, 0.717) is 0 Å². The zero-order valence-electron chi connectivity index (χ0n) is 12.2. The molecular weight excluding hydrogens is 266 g/mol. The van der Waals surface area contributed by atoms with Crippen LogP contribution < -0.4 is 5.32 Å². The molecule has 1 atom stereocenters. The summed E-state index contributed by atoms with van der Waals surface area (Å²) in [5.74, 6) is 0. The van der Waals surface area contributed by atoms with E-state index in [9.17, 15) is 0 Å². The predicted octanol–water partition coefficient (Wildman–Crippen LogP) is 4.93. The average molecular weight is 288 g/mol. The molecule has 20 heavy (non-hydrogen) atoms. The molecule has 0 aliphatic rings. The third-order valence-corrected chi connectivity index (χ3v) is 3.95. The van der Waals surface area contributed by atoms with Crippen LogP contribution in [-0.2, 0) is 6.42 Å². The Balaban J connectivity index is 2.24. The van der Waals surface area contributed by atoms with Gasteiger partial charge in [0.05, 0.1) is 0 Å². The Morgan fingerprint density at radius 2 is 1.75 bits per heavy atom. The molecule has 0 aliphatic heterocycles. The van der Waals surface area contributed by atoms with E-state index >= 15 is 0 Å². The Morgan fingerprint density at radius 1 is 1.05 bits per heavy atom. The molecule has 2 aromatic carbocycles. The maximum absolute atomic E-state index is 6.36. The summed E-state index contributed by atoms with van der Waals surface area (Å²) in [5, 5.41) is 4.46. The number of rotatable bonds is 6. The molecule has 0 saturated carbocycles. The lowest BCUT2D eigenvalue weighted by atomic mass is 9.96. The molecule has 2 rings (SSSR count). The molecule has 0 aromatic heterocycles. The highest BCUT2D eigenvalue weighted by atomic mass is 35.5. The van der Waals surface area contributed by atoms with Gasteiger partial charge in [0.25, 0.3) is 0 Å². The minimum Gasteiger partial charge on any atom is -0.310 e. The third-order valence-electron chi connectivity index (χ3n) is 3.61. The average Bonchev–Trinajstić information content (AvgIpc) is 2.46. The van der Waals surface area contributed by atoms with Crippen molar-refractivity contribution in [3.8, 4) is 0 Å². The number of hydrogen-bond donors (Lipinski definition) is 1. The zero-order chi connectivity index (χ0) is 14.4. The van der Waals surface area contributed by atoms with E-state index in [0.717, 1.165) is 24.4 Å². The molecule has 0 spiro atoms. The molecule has 0 bridgehead atoms. The summed E-state index contributed by atoms with van der Waals surface area (Å²) in [5.41, 5.74) is 3.90. The highest BCUT2D eigenvalue weighted by Crippen LogP contribution is 2.26. The fourth-order valence-corrected chi connectivity index (χ4v) is 2.69. The minimum atomic E-state index is 0.268. The summed E-state index contributed by atoms with van der Waals surface area (Å²) in [7, 11) is 0. The van der Waals surface area contributed by atoms with E-state index in [4.69, 9.17) is 11.6 Å². The van der Waals surface area contributed by atoms with Gasteiger partial charge in [0.15, 0.2) is 0 Å². The predicted molar refractivity (Wildman–Crippen MR) is 87.4 cm³/mol. The fourth-order valence-electron chi connectivity index (χ4n) is 2.43. The summed E-state index contributed by atoms with van der Waals surface area (Å²) in [6.45, 7) is 5.35. The molecule has 1 nitrogen and oxygen atoms in total. The van der Waals surface area contributed by atoms with E-state index in [2.05, 4.69) is 55.6 Å². The van der Waals surface area contributed by atoms with Crippen molar-refractivity contribution >= 4 is 11.6 Å². The van der Waals surface area contributed by atoms with Gasteiger partial charge in [-0.25, -0.2) is 0 Å². The Kier molecular flexibility index (Phi) is 5.63. The van der Waals surface area contributed by atoms with Crippen LogP contribution in [-0.4, -0.2) is 6.54 Å². The van der Waals surface area contributed by atoms with Crippen LogP contribution in [0.1, 0.15) is 36.1 Å². The van der Waals surface area contributed by atoms with Crippen LogP contribution in [0.25, 0.3) is 0 Å². The highest BCUT2D eigenvalue weighted by Gasteiger charge is 2.15. The Morgan fingerprint density at radius 3 is 2.45 bits per heavy atom. The first-order chi connectivity index (χ1) is 9.72. The van der Waals surface area contributed by atoms with Gasteiger partial charge in [-0.3, -0.25) is 0 Å². The maximum atomic E-state index is 6.36. The lowest BCUT2D eigenvalue weighted by molar-refractivity contribution is 0.528. The van der Waals surface area contributed by atoms with Gasteiger partial charge in [-0.15, -0.1) is 0 Å². The van der Waals surface area contributed by atoms with Gasteiger partial charge in [-0.1, -0.05) is 61.0 Å². The van der Waals surface area contributed by atoms with E-state index in [1.54, 1.807) is 0 Å². The van der Waals surface area contributed by atoms with Gasteiger partial charge < -0.3 is 5.32 Å². The summed E-state index contributed by atoms with van der Waals surface area (Å²) in [6, 6.07) is 16.9. The van der Waals surface area contributed by atoms with Gasteiger partial charge in [0, 0.05) is 11.1 Å². The van der Waals surface area contributed by atoms with Crippen LogP contribution in [0.5, 0.6) is 0 Å². The van der Waals surface area contributed by atoms with Crippen LogP contribution in [0.4, 0.5) is 0 Å². The SMILES string of the molecule is CCCNC(Cc1ccccc1C)c1ccccc1Cl. The van der Waals surface area contributed by atoms with E-state index in [1.165, 1.54) is 16.7 Å². The monoisotopic (exact) mass is 287 g/mol. The lowest BCUT2D eigenvalue weighted by Gasteiger charge is -2.21. The summed E-state index contributed by atoms with van der Waals surface area (Å²) < 4.78 is 0.